The minimum Gasteiger partial charge on any atom is -0.478 e. The van der Waals surface area contributed by atoms with E-state index >= 15 is 0 Å². The molecule has 17 heavy (non-hydrogen) atoms. The summed E-state index contributed by atoms with van der Waals surface area (Å²) in [6.45, 7) is 0. The Hall–Kier alpha value is -2.13. The first-order valence-electron chi connectivity index (χ1n) is 5.31. The minimum atomic E-state index is -0.973. The number of fused-ring (bicyclic) bond motifs is 3. The molecule has 1 N–H and O–H groups in total. The van der Waals surface area contributed by atoms with Crippen LogP contribution < -0.4 is 0 Å². The summed E-state index contributed by atoms with van der Waals surface area (Å²) in [7, 11) is 0. The fraction of sp³-hybridized carbons (Fsp3) is 0.0714. The van der Waals surface area contributed by atoms with Gasteiger partial charge in [0.15, 0.2) is 0 Å². The lowest BCUT2D eigenvalue weighted by Crippen LogP contribution is -1.97. The monoisotopic (exact) mass is 225 g/mol. The van der Waals surface area contributed by atoms with E-state index in [9.17, 15) is 9.90 Å². The second-order valence-electron chi connectivity index (χ2n) is 4.07. The lowest BCUT2D eigenvalue weighted by atomic mass is 10.0. The summed E-state index contributed by atoms with van der Waals surface area (Å²) in [6, 6.07) is 12.0. The van der Waals surface area contributed by atoms with Crippen molar-refractivity contribution in [1.82, 2.24) is 0 Å². The van der Waals surface area contributed by atoms with Gasteiger partial charge < -0.3 is 5.11 Å². The Morgan fingerprint density at radius 2 is 1.71 bits per heavy atom. The van der Waals surface area contributed by atoms with E-state index in [1.54, 1.807) is 18.2 Å². The molecule has 1 unspecified atom stereocenters. The second kappa shape index (κ2) is 3.43. The van der Waals surface area contributed by atoms with Crippen LogP contribution in [-0.4, -0.2) is 11.1 Å². The fourth-order valence-electron chi connectivity index (χ4n) is 2.29. The Balaban J connectivity index is 2.27. The highest BCUT2D eigenvalue weighted by Gasteiger charge is 2.28. The number of hydrogen-bond donors (Lipinski definition) is 1. The van der Waals surface area contributed by atoms with E-state index in [-0.39, 0.29) is 5.56 Å². The van der Waals surface area contributed by atoms with Crippen LogP contribution in [0.5, 0.6) is 0 Å². The van der Waals surface area contributed by atoms with Crippen LogP contribution in [0.1, 0.15) is 27.6 Å². The van der Waals surface area contributed by atoms with Crippen LogP contribution >= 0.6 is 0 Å². The first-order valence-corrected chi connectivity index (χ1v) is 5.31. The summed E-state index contributed by atoms with van der Waals surface area (Å²) in [5, 5.41) is 21.1. The summed E-state index contributed by atoms with van der Waals surface area (Å²) < 4.78 is 0. The van der Waals surface area contributed by atoms with Gasteiger partial charge in [-0.25, -0.2) is 9.90 Å². The number of carbonyl (C=O) groups is 1. The topological polar surface area (TPSA) is 57.2 Å². The van der Waals surface area contributed by atoms with Crippen molar-refractivity contribution >= 4 is 5.97 Å². The maximum absolute atomic E-state index is 12.1. The van der Waals surface area contributed by atoms with Crippen molar-refractivity contribution in [2.75, 3.05) is 0 Å². The average molecular weight is 225 g/mol. The van der Waals surface area contributed by atoms with Gasteiger partial charge in [-0.2, -0.15) is 0 Å². The van der Waals surface area contributed by atoms with E-state index in [0.29, 0.717) is 5.56 Å². The largest absolute Gasteiger partial charge is 0.478 e. The van der Waals surface area contributed by atoms with Crippen molar-refractivity contribution in [2.24, 2.45) is 0 Å². The van der Waals surface area contributed by atoms with Crippen molar-refractivity contribution in [1.29, 1.82) is 0 Å². The maximum atomic E-state index is 12.1. The van der Waals surface area contributed by atoms with Crippen LogP contribution in [0.15, 0.2) is 42.5 Å². The van der Waals surface area contributed by atoms with Gasteiger partial charge in [-0.1, -0.05) is 30.3 Å². The predicted octanol–water partition coefficient (Wildman–Crippen LogP) is 2.89. The third-order valence-corrected chi connectivity index (χ3v) is 3.12. The normalized spacial score (nSPS) is 16.4. The predicted molar refractivity (Wildman–Crippen MR) is 61.4 cm³/mol. The molecule has 3 nitrogen and oxygen atoms in total. The summed E-state index contributed by atoms with van der Waals surface area (Å²) in [4.78, 5) is 10.9. The number of carboxylic acids is 1. The Kier molecular flexibility index (Phi) is 2.03. The van der Waals surface area contributed by atoms with Crippen LogP contribution in [-0.2, 0) is 5.11 Å². The van der Waals surface area contributed by atoms with E-state index in [1.807, 2.05) is 18.2 Å². The van der Waals surface area contributed by atoms with Crippen LogP contribution in [0.25, 0.3) is 11.1 Å². The quantitative estimate of drug-likeness (QED) is 0.811. The molecule has 0 fully saturated rings. The smallest absolute Gasteiger partial charge is 0.335 e. The molecule has 0 bridgehead atoms. The number of rotatable bonds is 1. The molecule has 0 saturated heterocycles. The molecule has 0 aliphatic heterocycles. The summed E-state index contributed by atoms with van der Waals surface area (Å²) in [5.74, 6) is -0.973. The highest BCUT2D eigenvalue weighted by Crippen LogP contribution is 2.43. The van der Waals surface area contributed by atoms with Gasteiger partial charge in [-0.05, 0) is 34.4 Å². The maximum Gasteiger partial charge on any atom is 0.335 e. The Bertz CT molecular complexity index is 617. The van der Waals surface area contributed by atoms with Gasteiger partial charge in [0.25, 0.3) is 0 Å². The van der Waals surface area contributed by atoms with E-state index in [2.05, 4.69) is 0 Å². The SMILES string of the molecule is [O]C1c2ccccc2-c2cc(C(=O)O)ccc21. The molecule has 0 saturated carbocycles. The van der Waals surface area contributed by atoms with Gasteiger partial charge in [0, 0.05) is 0 Å². The van der Waals surface area contributed by atoms with Gasteiger partial charge in [0.05, 0.1) is 5.56 Å². The molecule has 0 heterocycles. The molecule has 2 aromatic rings. The zero-order valence-electron chi connectivity index (χ0n) is 8.88. The van der Waals surface area contributed by atoms with E-state index in [0.717, 1.165) is 16.7 Å². The van der Waals surface area contributed by atoms with E-state index in [4.69, 9.17) is 5.11 Å². The number of benzene rings is 2. The van der Waals surface area contributed by atoms with Crippen LogP contribution in [0, 0.1) is 0 Å². The molecular weight excluding hydrogens is 216 g/mol. The van der Waals surface area contributed by atoms with Gasteiger partial charge in [0.2, 0.25) is 0 Å². The van der Waals surface area contributed by atoms with Crippen molar-refractivity contribution in [3.63, 3.8) is 0 Å². The molecule has 1 aliphatic rings. The zero-order chi connectivity index (χ0) is 12.0. The van der Waals surface area contributed by atoms with Gasteiger partial charge in [0.1, 0.15) is 6.10 Å². The fourth-order valence-corrected chi connectivity index (χ4v) is 2.29. The van der Waals surface area contributed by atoms with Gasteiger partial charge in [-0.15, -0.1) is 0 Å². The Labute approximate surface area is 98.0 Å². The molecule has 0 aromatic heterocycles. The molecule has 1 atom stereocenters. The third kappa shape index (κ3) is 1.36. The molecular formula is C14H9O3. The molecule has 0 spiro atoms. The van der Waals surface area contributed by atoms with Crippen molar-refractivity contribution < 1.29 is 15.0 Å². The first-order chi connectivity index (χ1) is 8.18. The highest BCUT2D eigenvalue weighted by atomic mass is 16.4. The third-order valence-electron chi connectivity index (χ3n) is 3.12. The Morgan fingerprint density at radius 1 is 1.00 bits per heavy atom. The molecule has 0 amide bonds. The lowest BCUT2D eigenvalue weighted by Gasteiger charge is -2.03. The van der Waals surface area contributed by atoms with Crippen LogP contribution in [0.4, 0.5) is 0 Å². The van der Waals surface area contributed by atoms with Gasteiger partial charge in [-0.3, -0.25) is 0 Å². The molecule has 3 heteroatoms. The lowest BCUT2D eigenvalue weighted by molar-refractivity contribution is 0.0696. The molecule has 2 aromatic carbocycles. The van der Waals surface area contributed by atoms with E-state index < -0.39 is 12.1 Å². The standard InChI is InChI=1S/C14H9O3/c15-13-10-4-2-1-3-9(10)12-7-8(14(16)17)5-6-11(12)13/h1-7,13H,(H,16,17). The highest BCUT2D eigenvalue weighted by molar-refractivity contribution is 5.91. The second-order valence-corrected chi connectivity index (χ2v) is 4.07. The van der Waals surface area contributed by atoms with Crippen molar-refractivity contribution in [3.05, 3.63) is 59.2 Å². The van der Waals surface area contributed by atoms with Crippen LogP contribution in [0.2, 0.25) is 0 Å². The Morgan fingerprint density at radius 3 is 2.47 bits per heavy atom. The number of carboxylic acid groups (broad SMARTS) is 1. The molecule has 3 rings (SSSR count). The minimum absolute atomic E-state index is 0.215. The average Bonchev–Trinajstić information content (AvgIpc) is 2.64. The van der Waals surface area contributed by atoms with Crippen LogP contribution in [0.3, 0.4) is 0 Å². The van der Waals surface area contributed by atoms with Crippen molar-refractivity contribution in [2.45, 2.75) is 6.10 Å². The number of hydrogen-bond acceptors (Lipinski definition) is 1. The zero-order valence-corrected chi connectivity index (χ0v) is 8.88. The molecule has 83 valence electrons. The summed E-state index contributed by atoms with van der Waals surface area (Å²) >= 11 is 0. The molecule has 1 aliphatic carbocycles. The van der Waals surface area contributed by atoms with Gasteiger partial charge >= 0.3 is 5.97 Å². The van der Waals surface area contributed by atoms with Crippen molar-refractivity contribution in [3.8, 4) is 11.1 Å². The number of aromatic carboxylic acids is 1. The summed E-state index contributed by atoms with van der Waals surface area (Å²) in [5.41, 5.74) is 3.21. The molecule has 1 radical (unpaired) electrons. The summed E-state index contributed by atoms with van der Waals surface area (Å²) in [6.07, 6.45) is -0.899. The van der Waals surface area contributed by atoms with E-state index in [1.165, 1.54) is 6.07 Å². The first kappa shape index (κ1) is 10.1.